The lowest BCUT2D eigenvalue weighted by Crippen LogP contribution is -2.04. The van der Waals surface area contributed by atoms with E-state index in [1.165, 1.54) is 0 Å². The maximum atomic E-state index is 11.2. The number of aromatic nitrogens is 2. The first-order valence-electron chi connectivity index (χ1n) is 5.99. The molecule has 3 nitrogen and oxygen atoms in total. The standard InChI is InChI=1S/C14H14BrClN2O/c1-9(2)6-18-7-10(8-19)14(17-18)12-4-3-11(15)5-13(12)16/h3-5,7-9H,6H2,1-2H3. The Morgan fingerprint density at radius 2 is 2.21 bits per heavy atom. The first-order valence-corrected chi connectivity index (χ1v) is 7.16. The van der Waals surface area contributed by atoms with E-state index in [0.717, 1.165) is 22.9 Å². The Kier molecular flexibility index (Phi) is 4.42. The molecule has 2 rings (SSSR count). The van der Waals surface area contributed by atoms with E-state index in [0.29, 0.717) is 22.2 Å². The summed E-state index contributed by atoms with van der Waals surface area (Å²) in [5.74, 6) is 0.465. The second-order valence-electron chi connectivity index (χ2n) is 4.79. The Morgan fingerprint density at radius 3 is 2.79 bits per heavy atom. The third-order valence-corrected chi connectivity index (χ3v) is 3.46. The third kappa shape index (κ3) is 3.25. The van der Waals surface area contributed by atoms with Crippen molar-refractivity contribution >= 4 is 33.8 Å². The van der Waals surface area contributed by atoms with Gasteiger partial charge in [0.25, 0.3) is 0 Å². The van der Waals surface area contributed by atoms with Crippen LogP contribution in [-0.4, -0.2) is 16.1 Å². The van der Waals surface area contributed by atoms with Crippen LogP contribution in [0.2, 0.25) is 5.02 Å². The number of carbonyl (C=O) groups is 1. The average Bonchev–Trinajstić information content (AvgIpc) is 2.71. The zero-order chi connectivity index (χ0) is 14.0. The molecule has 1 aromatic carbocycles. The Labute approximate surface area is 125 Å². The van der Waals surface area contributed by atoms with Crippen LogP contribution in [0.3, 0.4) is 0 Å². The second-order valence-corrected chi connectivity index (χ2v) is 6.11. The molecule has 2 aromatic rings. The van der Waals surface area contributed by atoms with Crippen LogP contribution in [0.5, 0.6) is 0 Å². The quantitative estimate of drug-likeness (QED) is 0.771. The number of benzene rings is 1. The smallest absolute Gasteiger partial charge is 0.153 e. The van der Waals surface area contributed by atoms with Crippen LogP contribution in [0.15, 0.2) is 28.9 Å². The van der Waals surface area contributed by atoms with Gasteiger partial charge in [0, 0.05) is 22.8 Å². The summed E-state index contributed by atoms with van der Waals surface area (Å²) in [7, 11) is 0. The fraction of sp³-hybridized carbons (Fsp3) is 0.286. The summed E-state index contributed by atoms with van der Waals surface area (Å²) in [5, 5.41) is 5.04. The molecule has 0 atom stereocenters. The lowest BCUT2D eigenvalue weighted by Gasteiger charge is -2.04. The zero-order valence-corrected chi connectivity index (χ0v) is 13.1. The zero-order valence-electron chi connectivity index (χ0n) is 10.7. The van der Waals surface area contributed by atoms with Crippen molar-refractivity contribution in [3.05, 3.63) is 39.5 Å². The van der Waals surface area contributed by atoms with Gasteiger partial charge in [-0.15, -0.1) is 0 Å². The van der Waals surface area contributed by atoms with Crippen LogP contribution in [-0.2, 0) is 6.54 Å². The Bertz CT molecular complexity index is 607. The molecule has 0 saturated carbocycles. The topological polar surface area (TPSA) is 34.9 Å². The summed E-state index contributed by atoms with van der Waals surface area (Å²) in [4.78, 5) is 11.2. The molecule has 1 heterocycles. The fourth-order valence-electron chi connectivity index (χ4n) is 1.88. The van der Waals surface area contributed by atoms with Gasteiger partial charge < -0.3 is 0 Å². The molecule has 0 N–H and O–H groups in total. The highest BCUT2D eigenvalue weighted by molar-refractivity contribution is 9.10. The number of rotatable bonds is 4. The van der Waals surface area contributed by atoms with Gasteiger partial charge >= 0.3 is 0 Å². The highest BCUT2D eigenvalue weighted by Gasteiger charge is 2.14. The SMILES string of the molecule is CC(C)Cn1cc(C=O)c(-c2ccc(Br)cc2Cl)n1. The van der Waals surface area contributed by atoms with Crippen LogP contribution in [0.1, 0.15) is 24.2 Å². The normalized spacial score (nSPS) is 11.0. The van der Waals surface area contributed by atoms with Gasteiger partial charge in [0.2, 0.25) is 0 Å². The minimum absolute atomic E-state index is 0.465. The van der Waals surface area contributed by atoms with Crippen molar-refractivity contribution in [2.75, 3.05) is 0 Å². The lowest BCUT2D eigenvalue weighted by molar-refractivity contribution is 0.112. The molecule has 0 amide bonds. The summed E-state index contributed by atoms with van der Waals surface area (Å²) in [5.41, 5.74) is 1.97. The predicted octanol–water partition coefficient (Wildman–Crippen LogP) is 4.43. The van der Waals surface area contributed by atoms with Crippen molar-refractivity contribution in [3.63, 3.8) is 0 Å². The molecule has 5 heteroatoms. The molecule has 0 unspecified atom stereocenters. The van der Waals surface area contributed by atoms with Gasteiger partial charge in [-0.05, 0) is 18.1 Å². The Morgan fingerprint density at radius 1 is 1.47 bits per heavy atom. The van der Waals surface area contributed by atoms with Crippen molar-refractivity contribution in [2.45, 2.75) is 20.4 Å². The molecular formula is C14H14BrClN2O. The monoisotopic (exact) mass is 340 g/mol. The Balaban J connectivity index is 2.48. The maximum absolute atomic E-state index is 11.2. The van der Waals surface area contributed by atoms with Crippen LogP contribution < -0.4 is 0 Å². The molecule has 1 aromatic heterocycles. The summed E-state index contributed by atoms with van der Waals surface area (Å²) >= 11 is 9.58. The maximum Gasteiger partial charge on any atom is 0.153 e. The van der Waals surface area contributed by atoms with E-state index in [1.54, 1.807) is 16.9 Å². The van der Waals surface area contributed by atoms with Gasteiger partial charge in [-0.2, -0.15) is 5.10 Å². The summed E-state index contributed by atoms with van der Waals surface area (Å²) in [6.45, 7) is 4.98. The summed E-state index contributed by atoms with van der Waals surface area (Å²) in [6.07, 6.45) is 2.58. The van der Waals surface area contributed by atoms with Gasteiger partial charge in [0.1, 0.15) is 5.69 Å². The molecular weight excluding hydrogens is 328 g/mol. The van der Waals surface area contributed by atoms with E-state index in [4.69, 9.17) is 11.6 Å². The van der Waals surface area contributed by atoms with Crippen molar-refractivity contribution in [1.82, 2.24) is 9.78 Å². The van der Waals surface area contributed by atoms with E-state index in [-0.39, 0.29) is 0 Å². The number of aldehydes is 1. The highest BCUT2D eigenvalue weighted by Crippen LogP contribution is 2.31. The van der Waals surface area contributed by atoms with Crippen LogP contribution >= 0.6 is 27.5 Å². The van der Waals surface area contributed by atoms with Gasteiger partial charge in [0.05, 0.1) is 10.6 Å². The van der Waals surface area contributed by atoms with E-state index in [1.807, 2.05) is 12.1 Å². The number of hydrogen-bond acceptors (Lipinski definition) is 2. The predicted molar refractivity (Wildman–Crippen MR) is 80.6 cm³/mol. The largest absolute Gasteiger partial charge is 0.298 e. The first kappa shape index (κ1) is 14.3. The number of hydrogen-bond donors (Lipinski definition) is 0. The molecule has 0 aliphatic heterocycles. The van der Waals surface area contributed by atoms with Gasteiger partial charge in [0.15, 0.2) is 6.29 Å². The van der Waals surface area contributed by atoms with Gasteiger partial charge in [-0.3, -0.25) is 9.48 Å². The third-order valence-electron chi connectivity index (χ3n) is 2.66. The van der Waals surface area contributed by atoms with E-state index < -0.39 is 0 Å². The van der Waals surface area contributed by atoms with E-state index in [9.17, 15) is 4.79 Å². The minimum Gasteiger partial charge on any atom is -0.298 e. The van der Waals surface area contributed by atoms with Crippen LogP contribution in [0.4, 0.5) is 0 Å². The van der Waals surface area contributed by atoms with Gasteiger partial charge in [-0.1, -0.05) is 47.4 Å². The molecule has 19 heavy (non-hydrogen) atoms. The minimum atomic E-state index is 0.465. The molecule has 0 aliphatic carbocycles. The molecule has 0 aliphatic rings. The van der Waals surface area contributed by atoms with E-state index in [2.05, 4.69) is 34.9 Å². The first-order chi connectivity index (χ1) is 9.01. The fourth-order valence-corrected chi connectivity index (χ4v) is 2.64. The van der Waals surface area contributed by atoms with Crippen molar-refractivity contribution in [3.8, 4) is 11.3 Å². The lowest BCUT2D eigenvalue weighted by atomic mass is 10.1. The Hall–Kier alpha value is -1.13. The molecule has 0 fully saturated rings. The molecule has 0 saturated heterocycles. The van der Waals surface area contributed by atoms with Gasteiger partial charge in [-0.25, -0.2) is 0 Å². The highest BCUT2D eigenvalue weighted by atomic mass is 79.9. The molecule has 0 spiro atoms. The molecule has 0 radical (unpaired) electrons. The van der Waals surface area contributed by atoms with Crippen molar-refractivity contribution < 1.29 is 4.79 Å². The summed E-state index contributed by atoms with van der Waals surface area (Å²) < 4.78 is 2.69. The molecule has 0 bridgehead atoms. The molecule has 100 valence electrons. The average molecular weight is 342 g/mol. The number of halogens is 2. The van der Waals surface area contributed by atoms with Crippen LogP contribution in [0, 0.1) is 5.92 Å². The summed E-state index contributed by atoms with van der Waals surface area (Å²) in [6, 6.07) is 5.55. The van der Waals surface area contributed by atoms with Crippen molar-refractivity contribution in [1.29, 1.82) is 0 Å². The van der Waals surface area contributed by atoms with Crippen LogP contribution in [0.25, 0.3) is 11.3 Å². The number of nitrogens with zero attached hydrogens (tertiary/aromatic N) is 2. The van der Waals surface area contributed by atoms with E-state index >= 15 is 0 Å². The van der Waals surface area contributed by atoms with Crippen molar-refractivity contribution in [2.24, 2.45) is 5.92 Å². The number of carbonyl (C=O) groups excluding carboxylic acids is 1. The second kappa shape index (κ2) is 5.88.